The molecule has 3 rings (SSSR count). The van der Waals surface area contributed by atoms with Crippen LogP contribution in [0.5, 0.6) is 0 Å². The lowest BCUT2D eigenvalue weighted by Crippen LogP contribution is -2.16. The predicted octanol–water partition coefficient (Wildman–Crippen LogP) is 4.00. The number of para-hydroxylation sites is 2. The Morgan fingerprint density at radius 3 is 2.50 bits per heavy atom. The predicted molar refractivity (Wildman–Crippen MR) is 80.2 cm³/mol. The average Bonchev–Trinajstić information content (AvgIpc) is 2.38. The number of nitrogens with one attached hydrogen (secondary N) is 1. The van der Waals surface area contributed by atoms with Crippen LogP contribution in [0.4, 0.5) is 17.1 Å². The standard InChI is InChI=1S/C14H14ClN2S/c1-17(2)11-7-5-9-13-14(11)16-10-6-3-4-8-12(10)18(13)15/h3-9,16H,1-2H3/q+1. The van der Waals surface area contributed by atoms with Crippen LogP contribution in [-0.4, -0.2) is 14.1 Å². The summed E-state index contributed by atoms with van der Waals surface area (Å²) in [5.74, 6) is 0. The van der Waals surface area contributed by atoms with Gasteiger partial charge in [0, 0.05) is 14.1 Å². The van der Waals surface area contributed by atoms with Crippen molar-refractivity contribution < 1.29 is 0 Å². The fourth-order valence-electron chi connectivity index (χ4n) is 2.15. The first-order chi connectivity index (χ1) is 8.68. The molecule has 18 heavy (non-hydrogen) atoms. The molecule has 0 saturated carbocycles. The van der Waals surface area contributed by atoms with Gasteiger partial charge in [0.1, 0.15) is 5.69 Å². The zero-order valence-corrected chi connectivity index (χ0v) is 11.8. The molecule has 1 aliphatic heterocycles. The van der Waals surface area contributed by atoms with E-state index in [1.165, 1.54) is 15.5 Å². The first-order valence-corrected chi connectivity index (χ1v) is 7.80. The number of halogens is 1. The highest BCUT2D eigenvalue weighted by atomic mass is 35.7. The quantitative estimate of drug-likeness (QED) is 0.793. The molecule has 0 aliphatic carbocycles. The van der Waals surface area contributed by atoms with Crippen molar-refractivity contribution >= 4 is 37.9 Å². The van der Waals surface area contributed by atoms with Crippen molar-refractivity contribution in [3.63, 3.8) is 0 Å². The molecule has 1 N–H and O–H groups in total. The van der Waals surface area contributed by atoms with Gasteiger partial charge < -0.3 is 10.2 Å². The van der Waals surface area contributed by atoms with Crippen LogP contribution in [0, 0.1) is 0 Å². The Morgan fingerprint density at radius 2 is 1.72 bits per heavy atom. The molecule has 2 aromatic rings. The summed E-state index contributed by atoms with van der Waals surface area (Å²) in [6.45, 7) is 0. The molecule has 0 amide bonds. The molecule has 92 valence electrons. The lowest BCUT2D eigenvalue weighted by Gasteiger charge is -2.23. The summed E-state index contributed by atoms with van der Waals surface area (Å²) >= 11 is 0. The van der Waals surface area contributed by atoms with Gasteiger partial charge in [0.05, 0.1) is 11.4 Å². The number of benzene rings is 2. The molecule has 0 saturated heterocycles. The van der Waals surface area contributed by atoms with Gasteiger partial charge in [-0.15, -0.1) is 0 Å². The van der Waals surface area contributed by atoms with Crippen molar-refractivity contribution in [2.45, 2.75) is 9.79 Å². The maximum atomic E-state index is 6.62. The van der Waals surface area contributed by atoms with Crippen LogP contribution in [0.1, 0.15) is 0 Å². The number of hydrogen-bond donors (Lipinski definition) is 1. The topological polar surface area (TPSA) is 15.3 Å². The lowest BCUT2D eigenvalue weighted by atomic mass is 10.2. The van der Waals surface area contributed by atoms with Gasteiger partial charge in [0.2, 0.25) is 9.79 Å². The first kappa shape index (κ1) is 11.8. The third-order valence-electron chi connectivity index (χ3n) is 3.02. The minimum absolute atomic E-state index is 0.384. The SMILES string of the molecule is CN(C)c1cccc2c1Nc1ccccc1[S+]2Cl. The summed E-state index contributed by atoms with van der Waals surface area (Å²) in [4.78, 5) is 4.44. The van der Waals surface area contributed by atoms with Gasteiger partial charge in [-0.05, 0) is 24.3 Å². The molecule has 0 aromatic heterocycles. The van der Waals surface area contributed by atoms with Crippen LogP contribution in [0.25, 0.3) is 0 Å². The van der Waals surface area contributed by atoms with Crippen LogP contribution in [-0.2, 0) is 10.1 Å². The normalized spacial score (nSPS) is 16.5. The van der Waals surface area contributed by atoms with Crippen molar-refractivity contribution in [1.82, 2.24) is 0 Å². The largest absolute Gasteiger partial charge is 0.376 e. The van der Waals surface area contributed by atoms with Crippen LogP contribution in [0.15, 0.2) is 52.3 Å². The third kappa shape index (κ3) is 1.74. The van der Waals surface area contributed by atoms with Crippen LogP contribution < -0.4 is 10.2 Å². The van der Waals surface area contributed by atoms with E-state index < -0.39 is 0 Å². The van der Waals surface area contributed by atoms with Gasteiger partial charge in [0.15, 0.2) is 20.8 Å². The van der Waals surface area contributed by atoms with E-state index in [1.807, 2.05) is 26.2 Å². The zero-order valence-electron chi connectivity index (χ0n) is 10.3. The van der Waals surface area contributed by atoms with Crippen molar-refractivity contribution in [2.24, 2.45) is 0 Å². The van der Waals surface area contributed by atoms with Crippen LogP contribution >= 0.6 is 10.7 Å². The van der Waals surface area contributed by atoms with Gasteiger partial charge in [-0.3, -0.25) is 0 Å². The van der Waals surface area contributed by atoms with E-state index in [1.54, 1.807) is 0 Å². The Balaban J connectivity index is 2.19. The summed E-state index contributed by atoms with van der Waals surface area (Å²) < 4.78 is 0. The lowest BCUT2D eigenvalue weighted by molar-refractivity contribution is 1.12. The summed E-state index contributed by atoms with van der Waals surface area (Å²) in [6, 6.07) is 14.5. The fraction of sp³-hybridized carbons (Fsp3) is 0.143. The monoisotopic (exact) mass is 277 g/mol. The summed E-state index contributed by atoms with van der Waals surface area (Å²) in [5, 5.41) is 3.50. The van der Waals surface area contributed by atoms with Gasteiger partial charge in [0.25, 0.3) is 0 Å². The van der Waals surface area contributed by atoms with Gasteiger partial charge in [-0.25, -0.2) is 0 Å². The second-order valence-electron chi connectivity index (χ2n) is 4.42. The third-order valence-corrected chi connectivity index (χ3v) is 5.48. The number of hydrogen-bond acceptors (Lipinski definition) is 2. The molecule has 0 bridgehead atoms. The summed E-state index contributed by atoms with van der Waals surface area (Å²) in [5.41, 5.74) is 3.40. The van der Waals surface area contributed by atoms with Crippen molar-refractivity contribution in [2.75, 3.05) is 24.3 Å². The van der Waals surface area contributed by atoms with E-state index in [4.69, 9.17) is 10.7 Å². The van der Waals surface area contributed by atoms with Crippen molar-refractivity contribution in [3.8, 4) is 0 Å². The van der Waals surface area contributed by atoms with Crippen LogP contribution in [0.3, 0.4) is 0 Å². The van der Waals surface area contributed by atoms with E-state index in [-0.39, 0.29) is 10.1 Å². The highest BCUT2D eigenvalue weighted by molar-refractivity contribution is 8.18. The highest BCUT2D eigenvalue weighted by Gasteiger charge is 2.36. The zero-order chi connectivity index (χ0) is 12.7. The molecule has 1 heterocycles. The maximum Gasteiger partial charge on any atom is 0.206 e. The summed E-state index contributed by atoms with van der Waals surface area (Å²) in [6.07, 6.45) is 0. The molecule has 1 atom stereocenters. The van der Waals surface area contributed by atoms with Gasteiger partial charge in [-0.2, -0.15) is 0 Å². The Bertz CT molecular complexity index is 598. The molecule has 1 aliphatic rings. The number of nitrogens with zero attached hydrogens (tertiary/aromatic N) is 1. The van der Waals surface area contributed by atoms with E-state index >= 15 is 0 Å². The Kier molecular flexibility index (Phi) is 2.88. The molecule has 2 nitrogen and oxygen atoms in total. The number of rotatable bonds is 1. The molecule has 0 fully saturated rings. The Labute approximate surface area is 114 Å². The first-order valence-electron chi connectivity index (χ1n) is 5.75. The van der Waals surface area contributed by atoms with E-state index in [0.717, 1.165) is 11.4 Å². The second kappa shape index (κ2) is 4.41. The average molecular weight is 278 g/mol. The van der Waals surface area contributed by atoms with E-state index in [9.17, 15) is 0 Å². The molecular formula is C14H14ClN2S+. The van der Waals surface area contributed by atoms with Gasteiger partial charge >= 0.3 is 0 Å². The molecule has 0 spiro atoms. The minimum Gasteiger partial charge on any atom is -0.376 e. The highest BCUT2D eigenvalue weighted by Crippen LogP contribution is 2.46. The summed E-state index contributed by atoms with van der Waals surface area (Å²) in [7, 11) is 10.3. The minimum atomic E-state index is -0.384. The Morgan fingerprint density at radius 1 is 1.00 bits per heavy atom. The number of anilines is 3. The van der Waals surface area contributed by atoms with E-state index in [2.05, 4.69) is 40.5 Å². The van der Waals surface area contributed by atoms with Crippen LogP contribution in [0.2, 0.25) is 0 Å². The molecule has 1 unspecified atom stereocenters. The maximum absolute atomic E-state index is 6.62. The van der Waals surface area contributed by atoms with E-state index in [0.29, 0.717) is 0 Å². The van der Waals surface area contributed by atoms with Crippen molar-refractivity contribution in [1.29, 1.82) is 0 Å². The number of fused-ring (bicyclic) bond motifs is 2. The molecule has 2 aromatic carbocycles. The molecule has 0 radical (unpaired) electrons. The second-order valence-corrected chi connectivity index (χ2v) is 6.74. The molecule has 4 heteroatoms. The van der Waals surface area contributed by atoms with Crippen molar-refractivity contribution in [3.05, 3.63) is 42.5 Å². The molecular weight excluding hydrogens is 264 g/mol. The van der Waals surface area contributed by atoms with Gasteiger partial charge in [-0.1, -0.05) is 18.2 Å². The Hall–Kier alpha value is -1.32. The smallest absolute Gasteiger partial charge is 0.206 e. The fourth-order valence-corrected chi connectivity index (χ4v) is 4.22.